The average Bonchev–Trinajstić information content (AvgIpc) is 2.97. The second-order valence-corrected chi connectivity index (χ2v) is 5.08. The molecule has 1 aromatic carbocycles. The van der Waals surface area contributed by atoms with Crippen LogP contribution in [0.1, 0.15) is 28.8 Å². The van der Waals surface area contributed by atoms with Crippen LogP contribution in [-0.2, 0) is 0 Å². The average molecular weight is 268 g/mol. The molecular formula is C12H14BrNO. The molecule has 2 nitrogen and oxygen atoms in total. The largest absolute Gasteiger partial charge is 0.339 e. The summed E-state index contributed by atoms with van der Waals surface area (Å²) in [6.45, 7) is 2.00. The fourth-order valence-electron chi connectivity index (χ4n) is 1.69. The van der Waals surface area contributed by atoms with Gasteiger partial charge in [0.1, 0.15) is 0 Å². The first kappa shape index (κ1) is 10.7. The fraction of sp³-hybridized carbons (Fsp3) is 0.417. The summed E-state index contributed by atoms with van der Waals surface area (Å²) in [5, 5.41) is 0. The van der Waals surface area contributed by atoms with Gasteiger partial charge in [0.25, 0.3) is 5.91 Å². The van der Waals surface area contributed by atoms with Crippen molar-refractivity contribution in [1.29, 1.82) is 0 Å². The molecule has 3 heteroatoms. The first-order valence-corrected chi connectivity index (χ1v) is 5.91. The van der Waals surface area contributed by atoms with E-state index in [1.165, 1.54) is 0 Å². The first-order chi connectivity index (χ1) is 7.08. The van der Waals surface area contributed by atoms with Gasteiger partial charge in [-0.05, 0) is 43.5 Å². The van der Waals surface area contributed by atoms with Gasteiger partial charge in [-0.1, -0.05) is 15.9 Å². The zero-order valence-electron chi connectivity index (χ0n) is 8.96. The summed E-state index contributed by atoms with van der Waals surface area (Å²) in [6.07, 6.45) is 2.30. The maximum absolute atomic E-state index is 12.0. The Morgan fingerprint density at radius 1 is 1.40 bits per heavy atom. The van der Waals surface area contributed by atoms with E-state index in [-0.39, 0.29) is 5.91 Å². The van der Waals surface area contributed by atoms with Crippen molar-refractivity contribution >= 4 is 21.8 Å². The van der Waals surface area contributed by atoms with Gasteiger partial charge in [0.15, 0.2) is 0 Å². The molecule has 0 aliphatic heterocycles. The molecule has 0 unspecified atom stereocenters. The predicted octanol–water partition coefficient (Wildman–Crippen LogP) is 2.99. The highest BCUT2D eigenvalue weighted by molar-refractivity contribution is 9.10. The number of carbonyl (C=O) groups is 1. The second kappa shape index (κ2) is 3.97. The number of hydrogen-bond acceptors (Lipinski definition) is 1. The Morgan fingerprint density at radius 2 is 2.07 bits per heavy atom. The van der Waals surface area contributed by atoms with Crippen LogP contribution in [-0.4, -0.2) is 23.9 Å². The number of aryl methyl sites for hydroxylation is 1. The molecule has 1 saturated carbocycles. The zero-order chi connectivity index (χ0) is 11.0. The van der Waals surface area contributed by atoms with E-state index in [9.17, 15) is 4.79 Å². The van der Waals surface area contributed by atoms with Crippen LogP contribution in [0.2, 0.25) is 0 Å². The molecule has 1 amide bonds. The molecule has 1 aliphatic rings. The molecule has 15 heavy (non-hydrogen) atoms. The van der Waals surface area contributed by atoms with Crippen LogP contribution in [0.5, 0.6) is 0 Å². The quantitative estimate of drug-likeness (QED) is 0.807. The van der Waals surface area contributed by atoms with Crippen LogP contribution in [0.15, 0.2) is 22.7 Å². The fourth-order valence-corrected chi connectivity index (χ4v) is 2.30. The van der Waals surface area contributed by atoms with E-state index in [2.05, 4.69) is 15.9 Å². The molecule has 0 spiro atoms. The number of carbonyl (C=O) groups excluding carboxylic acids is 1. The van der Waals surface area contributed by atoms with Crippen molar-refractivity contribution in [3.63, 3.8) is 0 Å². The highest BCUT2D eigenvalue weighted by atomic mass is 79.9. The van der Waals surface area contributed by atoms with Crippen LogP contribution in [0, 0.1) is 6.92 Å². The van der Waals surface area contributed by atoms with E-state index >= 15 is 0 Å². The van der Waals surface area contributed by atoms with E-state index < -0.39 is 0 Å². The van der Waals surface area contributed by atoms with Crippen molar-refractivity contribution < 1.29 is 4.79 Å². The molecule has 0 atom stereocenters. The summed E-state index contributed by atoms with van der Waals surface area (Å²) in [5.74, 6) is 0.127. The summed E-state index contributed by atoms with van der Waals surface area (Å²) in [6, 6.07) is 6.30. The Kier molecular flexibility index (Phi) is 2.83. The van der Waals surface area contributed by atoms with Crippen LogP contribution in [0.4, 0.5) is 0 Å². The third-order valence-electron chi connectivity index (χ3n) is 2.70. The van der Waals surface area contributed by atoms with Gasteiger partial charge >= 0.3 is 0 Å². The Labute approximate surface area is 98.4 Å². The Morgan fingerprint density at radius 3 is 2.60 bits per heavy atom. The maximum Gasteiger partial charge on any atom is 0.253 e. The molecule has 80 valence electrons. The third-order valence-corrected chi connectivity index (χ3v) is 3.16. The minimum absolute atomic E-state index is 0.127. The smallest absolute Gasteiger partial charge is 0.253 e. The molecule has 1 fully saturated rings. The number of rotatable bonds is 2. The molecule has 0 N–H and O–H groups in total. The van der Waals surface area contributed by atoms with Gasteiger partial charge in [-0.25, -0.2) is 0 Å². The summed E-state index contributed by atoms with van der Waals surface area (Å²) in [7, 11) is 1.89. The highest BCUT2D eigenvalue weighted by Crippen LogP contribution is 2.27. The van der Waals surface area contributed by atoms with E-state index in [4.69, 9.17) is 0 Å². The van der Waals surface area contributed by atoms with Crippen LogP contribution >= 0.6 is 15.9 Å². The maximum atomic E-state index is 12.0. The Balaban J connectivity index is 2.24. The molecule has 0 heterocycles. The summed E-state index contributed by atoms with van der Waals surface area (Å²) >= 11 is 3.41. The van der Waals surface area contributed by atoms with Crippen molar-refractivity contribution in [3.8, 4) is 0 Å². The minimum atomic E-state index is 0.127. The van der Waals surface area contributed by atoms with Gasteiger partial charge in [-0.3, -0.25) is 4.79 Å². The lowest BCUT2D eigenvalue weighted by molar-refractivity contribution is 0.0785. The van der Waals surface area contributed by atoms with Crippen molar-refractivity contribution in [3.05, 3.63) is 33.8 Å². The van der Waals surface area contributed by atoms with Crippen molar-refractivity contribution in [2.75, 3.05) is 7.05 Å². The lowest BCUT2D eigenvalue weighted by Crippen LogP contribution is -2.28. The minimum Gasteiger partial charge on any atom is -0.339 e. The monoisotopic (exact) mass is 267 g/mol. The van der Waals surface area contributed by atoms with E-state index in [0.717, 1.165) is 28.4 Å². The number of hydrogen-bond donors (Lipinski definition) is 0. The second-order valence-electron chi connectivity index (χ2n) is 4.16. The summed E-state index contributed by atoms with van der Waals surface area (Å²) in [5.41, 5.74) is 1.88. The Hall–Kier alpha value is -0.830. The van der Waals surface area contributed by atoms with Gasteiger partial charge in [0.2, 0.25) is 0 Å². The highest BCUT2D eigenvalue weighted by Gasteiger charge is 2.30. The topological polar surface area (TPSA) is 20.3 Å². The number of benzene rings is 1. The first-order valence-electron chi connectivity index (χ1n) is 5.12. The van der Waals surface area contributed by atoms with Crippen molar-refractivity contribution in [1.82, 2.24) is 4.90 Å². The normalized spacial score (nSPS) is 15.1. The zero-order valence-corrected chi connectivity index (χ0v) is 10.5. The summed E-state index contributed by atoms with van der Waals surface area (Å²) in [4.78, 5) is 13.9. The van der Waals surface area contributed by atoms with Crippen LogP contribution in [0.3, 0.4) is 0 Å². The Bertz CT molecular complexity index is 378. The van der Waals surface area contributed by atoms with Gasteiger partial charge in [-0.15, -0.1) is 0 Å². The molecular weight excluding hydrogens is 254 g/mol. The SMILES string of the molecule is Cc1cc(Br)cc(C(=O)N(C)C2CC2)c1. The van der Waals surface area contributed by atoms with E-state index in [0.29, 0.717) is 6.04 Å². The third kappa shape index (κ3) is 2.40. The number of nitrogens with zero attached hydrogens (tertiary/aromatic N) is 1. The molecule has 0 saturated heterocycles. The summed E-state index contributed by atoms with van der Waals surface area (Å²) < 4.78 is 0.968. The lowest BCUT2D eigenvalue weighted by atomic mass is 10.1. The molecule has 1 aromatic rings. The van der Waals surface area contributed by atoms with Crippen LogP contribution in [0.25, 0.3) is 0 Å². The number of halogens is 1. The standard InChI is InChI=1S/C12H14BrNO/c1-8-5-9(7-10(13)6-8)12(15)14(2)11-3-4-11/h5-7,11H,3-4H2,1-2H3. The van der Waals surface area contributed by atoms with E-state index in [1.54, 1.807) is 0 Å². The molecule has 1 aliphatic carbocycles. The molecule has 0 radical (unpaired) electrons. The van der Waals surface area contributed by atoms with Crippen molar-refractivity contribution in [2.45, 2.75) is 25.8 Å². The molecule has 0 aromatic heterocycles. The predicted molar refractivity (Wildman–Crippen MR) is 64.0 cm³/mol. The molecule has 0 bridgehead atoms. The lowest BCUT2D eigenvalue weighted by Gasteiger charge is -2.16. The van der Waals surface area contributed by atoms with Gasteiger partial charge in [0.05, 0.1) is 0 Å². The van der Waals surface area contributed by atoms with Crippen molar-refractivity contribution in [2.24, 2.45) is 0 Å². The van der Waals surface area contributed by atoms with Crippen LogP contribution < -0.4 is 0 Å². The van der Waals surface area contributed by atoms with Gasteiger partial charge in [-0.2, -0.15) is 0 Å². The van der Waals surface area contributed by atoms with E-state index in [1.807, 2.05) is 37.1 Å². The molecule has 2 rings (SSSR count). The number of amides is 1. The van der Waals surface area contributed by atoms with Gasteiger partial charge < -0.3 is 4.90 Å². The van der Waals surface area contributed by atoms with Gasteiger partial charge in [0, 0.05) is 23.1 Å².